The predicted molar refractivity (Wildman–Crippen MR) is 83.7 cm³/mol. The van der Waals surface area contributed by atoms with Gasteiger partial charge in [0.1, 0.15) is 5.75 Å². The quantitative estimate of drug-likeness (QED) is 0.748. The van der Waals surface area contributed by atoms with E-state index < -0.39 is 0 Å². The van der Waals surface area contributed by atoms with Crippen LogP contribution in [0, 0.1) is 5.92 Å². The van der Waals surface area contributed by atoms with E-state index in [2.05, 4.69) is 53.3 Å². The Kier molecular flexibility index (Phi) is 5.71. The minimum atomic E-state index is 0.370. The highest BCUT2D eigenvalue weighted by atomic mass is 79.9. The molecule has 1 unspecified atom stereocenters. The first kappa shape index (κ1) is 14.9. The molecule has 1 aliphatic rings. The van der Waals surface area contributed by atoms with Gasteiger partial charge < -0.3 is 10.1 Å². The molecule has 0 aliphatic heterocycles. The lowest BCUT2D eigenvalue weighted by atomic mass is 10.1. The summed E-state index contributed by atoms with van der Waals surface area (Å²) in [7, 11) is 0. The molecule has 0 saturated heterocycles. The number of rotatable bonds is 8. The molecule has 106 valence electrons. The fourth-order valence-corrected chi connectivity index (χ4v) is 2.87. The van der Waals surface area contributed by atoms with Crippen molar-refractivity contribution in [1.29, 1.82) is 0 Å². The van der Waals surface area contributed by atoms with Crippen LogP contribution < -0.4 is 10.1 Å². The number of ether oxygens (including phenoxy) is 1. The molecule has 1 aromatic rings. The maximum absolute atomic E-state index is 5.80. The van der Waals surface area contributed by atoms with E-state index in [1.54, 1.807) is 0 Å². The van der Waals surface area contributed by atoms with Gasteiger partial charge in [-0.25, -0.2) is 0 Å². The molecule has 1 fully saturated rings. The first-order chi connectivity index (χ1) is 9.20. The summed E-state index contributed by atoms with van der Waals surface area (Å²) < 4.78 is 6.94. The zero-order valence-corrected chi connectivity index (χ0v) is 13.5. The van der Waals surface area contributed by atoms with E-state index in [-0.39, 0.29) is 0 Å². The zero-order valence-electron chi connectivity index (χ0n) is 11.9. The molecule has 1 aliphatic carbocycles. The minimum absolute atomic E-state index is 0.370. The van der Waals surface area contributed by atoms with Crippen LogP contribution in [0.1, 0.15) is 51.1 Å². The van der Waals surface area contributed by atoms with Gasteiger partial charge in [0, 0.05) is 10.5 Å². The zero-order chi connectivity index (χ0) is 13.7. The number of nitrogens with one attached hydrogen (secondary N) is 1. The van der Waals surface area contributed by atoms with Crippen molar-refractivity contribution in [1.82, 2.24) is 5.32 Å². The van der Waals surface area contributed by atoms with Crippen molar-refractivity contribution >= 4 is 15.9 Å². The van der Waals surface area contributed by atoms with Gasteiger partial charge in [0.2, 0.25) is 0 Å². The van der Waals surface area contributed by atoms with Crippen molar-refractivity contribution in [3.63, 3.8) is 0 Å². The van der Waals surface area contributed by atoms with Gasteiger partial charge in [-0.3, -0.25) is 0 Å². The predicted octanol–water partition coefficient (Wildman–Crippen LogP) is 4.69. The monoisotopic (exact) mass is 325 g/mol. The molecule has 3 heteroatoms. The van der Waals surface area contributed by atoms with Crippen LogP contribution in [0.2, 0.25) is 0 Å². The molecule has 0 bridgehead atoms. The summed E-state index contributed by atoms with van der Waals surface area (Å²) in [5, 5.41) is 3.50. The standard InChI is InChI=1S/C16H24BrNO/c1-3-9-18-12(2)15-7-6-14(11-16(15)17)19-10-8-13-4-5-13/h6-7,11-13,18H,3-5,8-10H2,1-2H3. The Bertz CT molecular complexity index is 404. The average Bonchev–Trinajstić information content (AvgIpc) is 3.20. The van der Waals surface area contributed by atoms with Crippen LogP contribution in [0.4, 0.5) is 0 Å². The molecule has 1 atom stereocenters. The Morgan fingerprint density at radius 3 is 2.84 bits per heavy atom. The summed E-state index contributed by atoms with van der Waals surface area (Å²) in [6.45, 7) is 6.28. The molecule has 1 aromatic carbocycles. The van der Waals surface area contributed by atoms with E-state index in [0.29, 0.717) is 6.04 Å². The van der Waals surface area contributed by atoms with E-state index in [1.165, 1.54) is 24.8 Å². The van der Waals surface area contributed by atoms with Crippen LogP contribution in [0.3, 0.4) is 0 Å². The lowest BCUT2D eigenvalue weighted by Crippen LogP contribution is -2.19. The Labute approximate surface area is 125 Å². The van der Waals surface area contributed by atoms with Gasteiger partial charge in [0.25, 0.3) is 0 Å². The molecular weight excluding hydrogens is 302 g/mol. The number of halogens is 1. The second-order valence-electron chi connectivity index (χ2n) is 5.44. The molecular formula is C16H24BrNO. The maximum Gasteiger partial charge on any atom is 0.120 e. The highest BCUT2D eigenvalue weighted by Gasteiger charge is 2.20. The first-order valence-electron chi connectivity index (χ1n) is 7.36. The fraction of sp³-hybridized carbons (Fsp3) is 0.625. The number of hydrogen-bond acceptors (Lipinski definition) is 2. The van der Waals surface area contributed by atoms with Gasteiger partial charge in [0.05, 0.1) is 6.61 Å². The molecule has 19 heavy (non-hydrogen) atoms. The summed E-state index contributed by atoms with van der Waals surface area (Å²) in [5.41, 5.74) is 1.29. The van der Waals surface area contributed by atoms with Gasteiger partial charge in [-0.05, 0) is 49.9 Å². The SMILES string of the molecule is CCCNC(C)c1ccc(OCCC2CC2)cc1Br. The lowest BCUT2D eigenvalue weighted by Gasteiger charge is -2.16. The second kappa shape index (κ2) is 7.30. The van der Waals surface area contributed by atoms with Crippen LogP contribution in [-0.4, -0.2) is 13.2 Å². The summed E-state index contributed by atoms with van der Waals surface area (Å²) >= 11 is 3.65. The normalized spacial score (nSPS) is 16.4. The highest BCUT2D eigenvalue weighted by Crippen LogP contribution is 2.33. The Morgan fingerprint density at radius 1 is 1.42 bits per heavy atom. The third-order valence-corrected chi connectivity index (χ3v) is 4.32. The molecule has 0 aromatic heterocycles. The largest absolute Gasteiger partial charge is 0.494 e. The molecule has 0 radical (unpaired) electrons. The highest BCUT2D eigenvalue weighted by molar-refractivity contribution is 9.10. The molecule has 0 amide bonds. The Balaban J connectivity index is 1.87. The second-order valence-corrected chi connectivity index (χ2v) is 6.29. The third-order valence-electron chi connectivity index (χ3n) is 3.63. The van der Waals surface area contributed by atoms with Crippen LogP contribution in [0.25, 0.3) is 0 Å². The molecule has 2 rings (SSSR count). The van der Waals surface area contributed by atoms with Crippen molar-refractivity contribution in [2.75, 3.05) is 13.2 Å². The smallest absolute Gasteiger partial charge is 0.120 e. The Hall–Kier alpha value is -0.540. The van der Waals surface area contributed by atoms with Crippen LogP contribution in [0.5, 0.6) is 5.75 Å². The molecule has 1 saturated carbocycles. The van der Waals surface area contributed by atoms with E-state index in [9.17, 15) is 0 Å². The average molecular weight is 326 g/mol. The topological polar surface area (TPSA) is 21.3 Å². The van der Waals surface area contributed by atoms with Crippen molar-refractivity contribution in [2.45, 2.75) is 45.6 Å². The summed E-state index contributed by atoms with van der Waals surface area (Å²) in [6.07, 6.45) is 5.15. The summed E-state index contributed by atoms with van der Waals surface area (Å²) in [6, 6.07) is 6.70. The van der Waals surface area contributed by atoms with E-state index in [4.69, 9.17) is 4.74 Å². The van der Waals surface area contributed by atoms with E-state index >= 15 is 0 Å². The summed E-state index contributed by atoms with van der Waals surface area (Å²) in [4.78, 5) is 0. The molecule has 0 spiro atoms. The van der Waals surface area contributed by atoms with Crippen LogP contribution >= 0.6 is 15.9 Å². The molecule has 0 heterocycles. The first-order valence-corrected chi connectivity index (χ1v) is 8.15. The van der Waals surface area contributed by atoms with Gasteiger partial charge in [0.15, 0.2) is 0 Å². The van der Waals surface area contributed by atoms with Gasteiger partial charge >= 0.3 is 0 Å². The van der Waals surface area contributed by atoms with Crippen molar-refractivity contribution in [2.24, 2.45) is 5.92 Å². The third kappa shape index (κ3) is 4.81. The fourth-order valence-electron chi connectivity index (χ4n) is 2.17. The van der Waals surface area contributed by atoms with Gasteiger partial charge in [-0.1, -0.05) is 41.8 Å². The minimum Gasteiger partial charge on any atom is -0.494 e. The molecule has 2 nitrogen and oxygen atoms in total. The van der Waals surface area contributed by atoms with Crippen molar-refractivity contribution in [3.05, 3.63) is 28.2 Å². The van der Waals surface area contributed by atoms with Gasteiger partial charge in [-0.2, -0.15) is 0 Å². The lowest BCUT2D eigenvalue weighted by molar-refractivity contribution is 0.302. The van der Waals surface area contributed by atoms with E-state index in [1.807, 2.05) is 0 Å². The molecule has 1 N–H and O–H groups in total. The Morgan fingerprint density at radius 2 is 2.21 bits per heavy atom. The van der Waals surface area contributed by atoms with Crippen molar-refractivity contribution < 1.29 is 4.74 Å². The summed E-state index contributed by atoms with van der Waals surface area (Å²) in [5.74, 6) is 1.90. The van der Waals surface area contributed by atoms with Gasteiger partial charge in [-0.15, -0.1) is 0 Å². The van der Waals surface area contributed by atoms with Crippen molar-refractivity contribution in [3.8, 4) is 5.75 Å². The maximum atomic E-state index is 5.80. The number of benzene rings is 1. The van der Waals surface area contributed by atoms with Crippen LogP contribution in [-0.2, 0) is 0 Å². The number of hydrogen-bond donors (Lipinski definition) is 1. The van der Waals surface area contributed by atoms with E-state index in [0.717, 1.165) is 35.7 Å². The van der Waals surface area contributed by atoms with Crippen LogP contribution in [0.15, 0.2) is 22.7 Å².